The Morgan fingerprint density at radius 1 is 1.71 bits per heavy atom. The molecule has 5 heteroatoms. The van der Waals surface area contributed by atoms with Gasteiger partial charge in [-0.3, -0.25) is 4.79 Å². The molecule has 0 radical (unpaired) electrons. The van der Waals surface area contributed by atoms with E-state index in [0.717, 1.165) is 0 Å². The molecule has 1 rings (SSSR count). The number of aliphatic hydroxyl groups excluding tert-OH is 1. The van der Waals surface area contributed by atoms with Gasteiger partial charge in [-0.1, -0.05) is 6.07 Å². The Bertz CT molecular complexity index is 330. The number of nitrogens with zero attached hydrogens (tertiary/aromatic N) is 1. The minimum atomic E-state index is -0.917. The van der Waals surface area contributed by atoms with E-state index in [4.69, 9.17) is 0 Å². The summed E-state index contributed by atoms with van der Waals surface area (Å²) in [5, 5.41) is 9.56. The van der Waals surface area contributed by atoms with E-state index in [1.165, 1.54) is 7.11 Å². The zero-order valence-corrected chi connectivity index (χ0v) is 9.19. The molecule has 76 valence electrons. The molecule has 14 heavy (non-hydrogen) atoms. The van der Waals surface area contributed by atoms with Gasteiger partial charge in [0.25, 0.3) is 0 Å². The largest absolute Gasteiger partial charge is 0.469 e. The molecule has 0 aliphatic rings. The summed E-state index contributed by atoms with van der Waals surface area (Å²) < 4.78 is 5.06. The van der Waals surface area contributed by atoms with Crippen molar-refractivity contribution in [1.82, 2.24) is 4.98 Å². The number of methoxy groups -OCH3 is 1. The quantitative estimate of drug-likeness (QED) is 0.660. The van der Waals surface area contributed by atoms with Gasteiger partial charge in [0.15, 0.2) is 0 Å². The van der Waals surface area contributed by atoms with Crippen molar-refractivity contribution in [2.75, 3.05) is 7.11 Å². The fraction of sp³-hybridized carbons (Fsp3) is 0.333. The van der Waals surface area contributed by atoms with Crippen molar-refractivity contribution in [2.45, 2.75) is 12.5 Å². The number of hydrogen-bond acceptors (Lipinski definition) is 4. The average molecular weight is 260 g/mol. The van der Waals surface area contributed by atoms with Crippen LogP contribution in [0.15, 0.2) is 22.8 Å². The van der Waals surface area contributed by atoms with E-state index >= 15 is 0 Å². The Morgan fingerprint density at radius 2 is 2.43 bits per heavy atom. The molecule has 0 amide bonds. The summed E-state index contributed by atoms with van der Waals surface area (Å²) >= 11 is 3.18. The summed E-state index contributed by atoms with van der Waals surface area (Å²) in [5.74, 6) is -0.459. The van der Waals surface area contributed by atoms with Gasteiger partial charge < -0.3 is 9.84 Å². The van der Waals surface area contributed by atoms with Crippen molar-refractivity contribution in [3.63, 3.8) is 0 Å². The summed E-state index contributed by atoms with van der Waals surface area (Å²) in [5.41, 5.74) is 0.449. The van der Waals surface area contributed by atoms with Crippen molar-refractivity contribution >= 4 is 21.9 Å². The van der Waals surface area contributed by atoms with Crippen molar-refractivity contribution in [1.29, 1.82) is 0 Å². The molecule has 0 unspecified atom stereocenters. The van der Waals surface area contributed by atoms with Gasteiger partial charge >= 0.3 is 5.97 Å². The molecular formula is C9H10BrNO3. The predicted molar refractivity (Wildman–Crippen MR) is 53.5 cm³/mol. The van der Waals surface area contributed by atoms with Crippen LogP contribution in [-0.4, -0.2) is 23.2 Å². The third-order valence-corrected chi connectivity index (χ3v) is 2.11. The van der Waals surface area contributed by atoms with Crippen molar-refractivity contribution < 1.29 is 14.6 Å². The number of aliphatic hydroxyl groups is 1. The molecule has 1 N–H and O–H groups in total. The van der Waals surface area contributed by atoms with E-state index < -0.39 is 12.1 Å². The Hall–Kier alpha value is -0.940. The number of pyridine rings is 1. The molecule has 0 saturated carbocycles. The van der Waals surface area contributed by atoms with Crippen LogP contribution in [0.1, 0.15) is 18.2 Å². The van der Waals surface area contributed by atoms with Crippen molar-refractivity contribution in [3.05, 3.63) is 28.5 Å². The zero-order chi connectivity index (χ0) is 10.6. The molecule has 0 spiro atoms. The first-order valence-corrected chi connectivity index (χ1v) is 4.80. The third-order valence-electron chi connectivity index (χ3n) is 1.67. The van der Waals surface area contributed by atoms with Crippen LogP contribution in [-0.2, 0) is 9.53 Å². The highest BCUT2D eigenvalue weighted by atomic mass is 79.9. The van der Waals surface area contributed by atoms with E-state index in [0.29, 0.717) is 10.3 Å². The van der Waals surface area contributed by atoms with Crippen LogP contribution >= 0.6 is 15.9 Å². The van der Waals surface area contributed by atoms with E-state index in [9.17, 15) is 9.90 Å². The summed E-state index contributed by atoms with van der Waals surface area (Å²) in [4.78, 5) is 14.9. The molecule has 1 aromatic rings. The maximum atomic E-state index is 10.9. The summed E-state index contributed by atoms with van der Waals surface area (Å²) in [6.07, 6.45) is -1.00. The number of halogens is 1. The number of rotatable bonds is 3. The fourth-order valence-corrected chi connectivity index (χ4v) is 1.31. The number of carbonyl (C=O) groups is 1. The molecule has 0 aromatic carbocycles. The number of aromatic nitrogens is 1. The Morgan fingerprint density at radius 3 is 3.00 bits per heavy atom. The predicted octanol–water partition coefficient (Wildman–Crippen LogP) is 1.44. The fourth-order valence-electron chi connectivity index (χ4n) is 0.955. The molecule has 1 heterocycles. The summed E-state index contributed by atoms with van der Waals surface area (Å²) in [7, 11) is 1.28. The van der Waals surface area contributed by atoms with Crippen LogP contribution in [0.4, 0.5) is 0 Å². The Kier molecular flexibility index (Phi) is 4.03. The first-order chi connectivity index (χ1) is 6.63. The Balaban J connectivity index is 2.69. The monoisotopic (exact) mass is 259 g/mol. The molecular weight excluding hydrogens is 250 g/mol. The molecule has 0 saturated heterocycles. The van der Waals surface area contributed by atoms with Crippen LogP contribution in [0.3, 0.4) is 0 Å². The molecule has 0 bridgehead atoms. The first-order valence-electron chi connectivity index (χ1n) is 4.01. The van der Waals surface area contributed by atoms with Gasteiger partial charge in [-0.25, -0.2) is 4.98 Å². The van der Waals surface area contributed by atoms with E-state index in [-0.39, 0.29) is 6.42 Å². The highest BCUT2D eigenvalue weighted by molar-refractivity contribution is 9.10. The second kappa shape index (κ2) is 5.07. The van der Waals surface area contributed by atoms with Gasteiger partial charge in [0, 0.05) is 0 Å². The zero-order valence-electron chi connectivity index (χ0n) is 7.61. The maximum Gasteiger partial charge on any atom is 0.308 e. The molecule has 0 aliphatic heterocycles. The van der Waals surface area contributed by atoms with E-state index in [1.807, 2.05) is 0 Å². The lowest BCUT2D eigenvalue weighted by Gasteiger charge is -2.08. The smallest absolute Gasteiger partial charge is 0.308 e. The van der Waals surface area contributed by atoms with Crippen molar-refractivity contribution in [3.8, 4) is 0 Å². The van der Waals surface area contributed by atoms with Crippen LogP contribution in [0, 0.1) is 0 Å². The number of carbonyl (C=O) groups excluding carboxylic acids is 1. The van der Waals surface area contributed by atoms with Gasteiger partial charge in [0.1, 0.15) is 10.7 Å². The number of esters is 1. The molecule has 4 nitrogen and oxygen atoms in total. The first kappa shape index (κ1) is 11.1. The summed E-state index contributed by atoms with van der Waals surface area (Å²) in [6.45, 7) is 0. The number of ether oxygens (including phenoxy) is 1. The van der Waals surface area contributed by atoms with E-state index in [2.05, 4.69) is 25.7 Å². The minimum absolute atomic E-state index is 0.0834. The lowest BCUT2D eigenvalue weighted by atomic mass is 10.2. The van der Waals surface area contributed by atoms with Gasteiger partial charge in [-0.05, 0) is 28.1 Å². The standard InChI is InChI=1S/C9H10BrNO3/c1-14-9(13)5-7(12)6-3-2-4-8(10)11-6/h2-4,7,12H,5H2,1H3/t7-/m0/s1. The maximum absolute atomic E-state index is 10.9. The SMILES string of the molecule is COC(=O)C[C@H](O)c1cccc(Br)n1. The average Bonchev–Trinajstić information content (AvgIpc) is 2.17. The Labute approximate surface area is 90.0 Å². The van der Waals surface area contributed by atoms with Gasteiger partial charge in [0.2, 0.25) is 0 Å². The summed E-state index contributed by atoms with van der Waals surface area (Å²) in [6, 6.07) is 5.14. The lowest BCUT2D eigenvalue weighted by molar-refractivity contribution is -0.142. The van der Waals surface area contributed by atoms with Crippen LogP contribution < -0.4 is 0 Å². The van der Waals surface area contributed by atoms with Crippen LogP contribution in [0.2, 0.25) is 0 Å². The van der Waals surface area contributed by atoms with Crippen LogP contribution in [0.25, 0.3) is 0 Å². The van der Waals surface area contributed by atoms with Gasteiger partial charge in [-0.15, -0.1) is 0 Å². The molecule has 0 aliphatic carbocycles. The van der Waals surface area contributed by atoms with Crippen LogP contribution in [0.5, 0.6) is 0 Å². The lowest BCUT2D eigenvalue weighted by Crippen LogP contribution is -2.09. The highest BCUT2D eigenvalue weighted by Crippen LogP contribution is 2.16. The van der Waals surface area contributed by atoms with Crippen molar-refractivity contribution in [2.24, 2.45) is 0 Å². The molecule has 0 fully saturated rings. The normalized spacial score (nSPS) is 12.2. The highest BCUT2D eigenvalue weighted by Gasteiger charge is 2.14. The number of hydrogen-bond donors (Lipinski definition) is 1. The second-order valence-electron chi connectivity index (χ2n) is 2.68. The van der Waals surface area contributed by atoms with Gasteiger partial charge in [0.05, 0.1) is 19.2 Å². The molecule has 1 aromatic heterocycles. The van der Waals surface area contributed by atoms with E-state index in [1.54, 1.807) is 18.2 Å². The molecule has 1 atom stereocenters. The third kappa shape index (κ3) is 3.08. The topological polar surface area (TPSA) is 59.4 Å². The van der Waals surface area contributed by atoms with Gasteiger partial charge in [-0.2, -0.15) is 0 Å². The minimum Gasteiger partial charge on any atom is -0.469 e. The second-order valence-corrected chi connectivity index (χ2v) is 3.49.